The first-order valence-corrected chi connectivity index (χ1v) is 7.47. The molecule has 1 amide bonds. The van der Waals surface area contributed by atoms with E-state index in [1.165, 1.54) is 5.69 Å². The van der Waals surface area contributed by atoms with E-state index < -0.39 is 0 Å². The third-order valence-corrected chi connectivity index (χ3v) is 4.16. The van der Waals surface area contributed by atoms with Crippen LogP contribution in [0.5, 0.6) is 0 Å². The molecule has 0 radical (unpaired) electrons. The van der Waals surface area contributed by atoms with Gasteiger partial charge in [-0.2, -0.15) is 0 Å². The summed E-state index contributed by atoms with van der Waals surface area (Å²) < 4.78 is 5.30. The third-order valence-electron chi connectivity index (χ3n) is 4.16. The Balaban J connectivity index is 1.45. The molecule has 0 unspecified atom stereocenters. The maximum Gasteiger partial charge on any atom is 0.270 e. The van der Waals surface area contributed by atoms with Crippen molar-refractivity contribution in [3.8, 4) is 0 Å². The van der Waals surface area contributed by atoms with Gasteiger partial charge in [0.15, 0.2) is 5.58 Å². The van der Waals surface area contributed by atoms with Gasteiger partial charge in [0, 0.05) is 44.0 Å². The largest absolute Gasteiger partial charge is 0.463 e. The predicted molar refractivity (Wildman–Crippen MR) is 85.1 cm³/mol. The van der Waals surface area contributed by atoms with Crippen molar-refractivity contribution >= 4 is 22.7 Å². The van der Waals surface area contributed by atoms with E-state index in [-0.39, 0.29) is 5.91 Å². The topological polar surface area (TPSA) is 52.5 Å². The molecule has 0 saturated carbocycles. The highest BCUT2D eigenvalue weighted by atomic mass is 16.3. The molecule has 1 aliphatic rings. The number of para-hydroxylation sites is 1. The van der Waals surface area contributed by atoms with Crippen molar-refractivity contribution in [3.63, 3.8) is 0 Å². The Morgan fingerprint density at radius 3 is 2.55 bits per heavy atom. The van der Waals surface area contributed by atoms with Gasteiger partial charge < -0.3 is 19.2 Å². The second kappa shape index (κ2) is 5.26. The van der Waals surface area contributed by atoms with Crippen LogP contribution in [0.15, 0.2) is 53.1 Å². The van der Waals surface area contributed by atoms with Crippen LogP contribution in [0.3, 0.4) is 0 Å². The van der Waals surface area contributed by atoms with Gasteiger partial charge in [0.05, 0.1) is 11.8 Å². The molecule has 5 nitrogen and oxygen atoms in total. The van der Waals surface area contributed by atoms with Gasteiger partial charge in [-0.15, -0.1) is 0 Å². The molecule has 22 heavy (non-hydrogen) atoms. The Morgan fingerprint density at radius 1 is 1.05 bits per heavy atom. The van der Waals surface area contributed by atoms with Gasteiger partial charge in [-0.1, -0.05) is 18.2 Å². The number of piperazine rings is 1. The summed E-state index contributed by atoms with van der Waals surface area (Å²) in [7, 11) is 0. The molecule has 2 aromatic heterocycles. The van der Waals surface area contributed by atoms with Crippen LogP contribution in [-0.4, -0.2) is 42.0 Å². The lowest BCUT2D eigenvalue weighted by atomic mass is 10.2. The fourth-order valence-corrected chi connectivity index (χ4v) is 2.94. The molecule has 4 rings (SSSR count). The zero-order valence-corrected chi connectivity index (χ0v) is 12.2. The minimum atomic E-state index is 0.0408. The second-order valence-electron chi connectivity index (χ2n) is 5.50. The van der Waals surface area contributed by atoms with Crippen LogP contribution < -0.4 is 4.90 Å². The fraction of sp³-hybridized carbons (Fsp3) is 0.235. The minimum Gasteiger partial charge on any atom is -0.463 e. The first kappa shape index (κ1) is 13.0. The second-order valence-corrected chi connectivity index (χ2v) is 5.50. The number of aromatic nitrogens is 1. The van der Waals surface area contributed by atoms with Crippen molar-refractivity contribution in [1.29, 1.82) is 0 Å². The summed E-state index contributed by atoms with van der Waals surface area (Å²) in [4.78, 5) is 19.9. The predicted octanol–water partition coefficient (Wildman–Crippen LogP) is 2.72. The van der Waals surface area contributed by atoms with E-state index in [2.05, 4.69) is 22.0 Å². The summed E-state index contributed by atoms with van der Waals surface area (Å²) in [5, 5.41) is 0. The summed E-state index contributed by atoms with van der Waals surface area (Å²) in [6.45, 7) is 3.17. The highest BCUT2D eigenvalue weighted by Crippen LogP contribution is 2.19. The highest BCUT2D eigenvalue weighted by molar-refractivity contribution is 5.96. The van der Waals surface area contributed by atoms with Crippen LogP contribution in [0.1, 0.15) is 10.5 Å². The maximum absolute atomic E-state index is 12.5. The van der Waals surface area contributed by atoms with E-state index in [4.69, 9.17) is 4.42 Å². The van der Waals surface area contributed by atoms with Crippen molar-refractivity contribution in [3.05, 3.63) is 54.4 Å². The van der Waals surface area contributed by atoms with Crippen molar-refractivity contribution < 1.29 is 9.21 Å². The number of amides is 1. The lowest BCUT2D eigenvalue weighted by Gasteiger charge is -2.35. The molecule has 1 aliphatic heterocycles. The van der Waals surface area contributed by atoms with Crippen LogP contribution >= 0.6 is 0 Å². The Labute approximate surface area is 128 Å². The molecule has 5 heteroatoms. The first-order valence-electron chi connectivity index (χ1n) is 7.47. The molecule has 0 atom stereocenters. The van der Waals surface area contributed by atoms with E-state index in [1.807, 2.05) is 29.2 Å². The number of aromatic amines is 1. The number of carbonyl (C=O) groups is 1. The lowest BCUT2D eigenvalue weighted by Crippen LogP contribution is -2.48. The van der Waals surface area contributed by atoms with Crippen molar-refractivity contribution in [2.24, 2.45) is 0 Å². The molecular formula is C17H17N3O2. The third kappa shape index (κ3) is 2.24. The average molecular weight is 295 g/mol. The smallest absolute Gasteiger partial charge is 0.270 e. The van der Waals surface area contributed by atoms with Crippen molar-refractivity contribution in [2.75, 3.05) is 31.1 Å². The van der Waals surface area contributed by atoms with E-state index in [9.17, 15) is 4.79 Å². The quantitative estimate of drug-likeness (QED) is 0.791. The molecule has 0 aliphatic carbocycles. The Bertz CT molecular complexity index is 754. The van der Waals surface area contributed by atoms with Crippen LogP contribution in [0.4, 0.5) is 5.69 Å². The van der Waals surface area contributed by atoms with Gasteiger partial charge in [0.1, 0.15) is 5.69 Å². The average Bonchev–Trinajstić information content (AvgIpc) is 3.17. The number of nitrogens with one attached hydrogen (secondary N) is 1. The van der Waals surface area contributed by atoms with E-state index in [0.29, 0.717) is 5.69 Å². The summed E-state index contributed by atoms with van der Waals surface area (Å²) in [6, 6.07) is 13.9. The van der Waals surface area contributed by atoms with Gasteiger partial charge in [-0.05, 0) is 12.1 Å². The molecule has 1 N–H and O–H groups in total. The monoisotopic (exact) mass is 295 g/mol. The normalized spacial score (nSPS) is 15.5. The van der Waals surface area contributed by atoms with Gasteiger partial charge in [0.25, 0.3) is 5.91 Å². The first-order chi connectivity index (χ1) is 10.8. The summed E-state index contributed by atoms with van der Waals surface area (Å²) in [5.74, 6) is 0.0408. The number of carbonyl (C=O) groups excluding carboxylic acids is 1. The summed E-state index contributed by atoms with van der Waals surface area (Å²) in [6.07, 6.45) is 1.62. The molecular weight excluding hydrogens is 278 g/mol. The van der Waals surface area contributed by atoms with Gasteiger partial charge >= 0.3 is 0 Å². The number of hydrogen-bond acceptors (Lipinski definition) is 3. The standard InChI is InChI=1S/C17H17N3O2/c21-17(15-12-16-14(18-15)6-11-22-16)20-9-7-19(8-10-20)13-4-2-1-3-5-13/h1-6,11-12,18H,7-10H2. The highest BCUT2D eigenvalue weighted by Gasteiger charge is 2.23. The van der Waals surface area contributed by atoms with Crippen LogP contribution in [-0.2, 0) is 0 Å². The van der Waals surface area contributed by atoms with Crippen molar-refractivity contribution in [2.45, 2.75) is 0 Å². The number of benzene rings is 1. The molecule has 1 fully saturated rings. The molecule has 112 valence electrons. The van der Waals surface area contributed by atoms with Gasteiger partial charge in [0.2, 0.25) is 0 Å². The number of anilines is 1. The maximum atomic E-state index is 12.5. The van der Waals surface area contributed by atoms with E-state index >= 15 is 0 Å². The molecule has 3 aromatic rings. The van der Waals surface area contributed by atoms with E-state index in [0.717, 1.165) is 37.3 Å². The minimum absolute atomic E-state index is 0.0408. The van der Waals surface area contributed by atoms with Gasteiger partial charge in [-0.25, -0.2) is 0 Å². The number of nitrogens with zero attached hydrogens (tertiary/aromatic N) is 2. The molecule has 0 spiro atoms. The number of furan rings is 1. The molecule has 1 saturated heterocycles. The van der Waals surface area contributed by atoms with E-state index in [1.54, 1.807) is 12.3 Å². The van der Waals surface area contributed by atoms with Gasteiger partial charge in [-0.3, -0.25) is 4.79 Å². The Hall–Kier alpha value is -2.69. The van der Waals surface area contributed by atoms with Crippen LogP contribution in [0.2, 0.25) is 0 Å². The number of rotatable bonds is 2. The van der Waals surface area contributed by atoms with Crippen LogP contribution in [0.25, 0.3) is 11.1 Å². The Kier molecular flexibility index (Phi) is 3.11. The number of H-pyrrole nitrogens is 1. The number of fused-ring (bicyclic) bond motifs is 1. The molecule has 0 bridgehead atoms. The lowest BCUT2D eigenvalue weighted by molar-refractivity contribution is 0.0742. The molecule has 1 aromatic carbocycles. The Morgan fingerprint density at radius 2 is 1.82 bits per heavy atom. The summed E-state index contributed by atoms with van der Waals surface area (Å²) in [5.41, 5.74) is 3.41. The molecule has 3 heterocycles. The summed E-state index contributed by atoms with van der Waals surface area (Å²) >= 11 is 0. The SMILES string of the molecule is O=C(c1cc2occc2[nH]1)N1CCN(c2ccccc2)CC1. The van der Waals surface area contributed by atoms with Crippen LogP contribution in [0, 0.1) is 0 Å². The fourth-order valence-electron chi connectivity index (χ4n) is 2.94. The van der Waals surface area contributed by atoms with Crippen molar-refractivity contribution in [1.82, 2.24) is 9.88 Å². The zero-order valence-electron chi connectivity index (χ0n) is 12.2. The number of hydrogen-bond donors (Lipinski definition) is 1. The zero-order chi connectivity index (χ0) is 14.9.